The van der Waals surface area contributed by atoms with Crippen LogP contribution in [0.15, 0.2) is 0 Å². The molecule has 2 saturated carbocycles. The lowest BCUT2D eigenvalue weighted by Gasteiger charge is -2.48. The van der Waals surface area contributed by atoms with E-state index in [9.17, 15) is 13.2 Å². The lowest BCUT2D eigenvalue weighted by Crippen LogP contribution is -2.59. The standard InChI is InChI=1S/C14H25F3N2/c1-13(2)8-4-5-11(12(13)18-3)19(10-6-7-10)9-14(15,16)17/h10-12,18H,4-9H2,1-3H3. The molecule has 2 atom stereocenters. The summed E-state index contributed by atoms with van der Waals surface area (Å²) in [6.07, 6.45) is 0.729. The van der Waals surface area contributed by atoms with Gasteiger partial charge in [0.15, 0.2) is 0 Å². The minimum absolute atomic E-state index is 0.0166. The van der Waals surface area contributed by atoms with E-state index in [1.165, 1.54) is 0 Å². The lowest BCUT2D eigenvalue weighted by molar-refractivity contribution is -0.157. The monoisotopic (exact) mass is 278 g/mol. The Morgan fingerprint density at radius 3 is 2.32 bits per heavy atom. The fraction of sp³-hybridized carbons (Fsp3) is 1.00. The van der Waals surface area contributed by atoms with Gasteiger partial charge in [-0.15, -0.1) is 0 Å². The van der Waals surface area contributed by atoms with Crippen molar-refractivity contribution in [1.29, 1.82) is 0 Å². The molecule has 0 aromatic heterocycles. The summed E-state index contributed by atoms with van der Waals surface area (Å²) in [4.78, 5) is 1.72. The summed E-state index contributed by atoms with van der Waals surface area (Å²) in [5.74, 6) is 0. The molecule has 0 saturated heterocycles. The van der Waals surface area contributed by atoms with Crippen molar-refractivity contribution < 1.29 is 13.2 Å². The minimum Gasteiger partial charge on any atom is -0.315 e. The molecule has 0 radical (unpaired) electrons. The molecule has 0 bridgehead atoms. The summed E-state index contributed by atoms with van der Waals surface area (Å²) in [6, 6.07) is 0.309. The van der Waals surface area contributed by atoms with Gasteiger partial charge in [0, 0.05) is 18.1 Å². The molecule has 19 heavy (non-hydrogen) atoms. The van der Waals surface area contributed by atoms with Crippen molar-refractivity contribution >= 4 is 0 Å². The van der Waals surface area contributed by atoms with Crippen molar-refractivity contribution in [2.24, 2.45) is 5.41 Å². The summed E-state index contributed by atoms with van der Waals surface area (Å²) in [7, 11) is 1.88. The van der Waals surface area contributed by atoms with E-state index >= 15 is 0 Å². The third-order valence-electron chi connectivity index (χ3n) is 4.66. The molecule has 112 valence electrons. The normalized spacial score (nSPS) is 31.7. The lowest BCUT2D eigenvalue weighted by atomic mass is 9.70. The summed E-state index contributed by atoms with van der Waals surface area (Å²) in [5, 5.41) is 3.28. The van der Waals surface area contributed by atoms with Gasteiger partial charge < -0.3 is 5.32 Å². The van der Waals surface area contributed by atoms with Crippen LogP contribution in [-0.4, -0.2) is 42.8 Å². The highest BCUT2D eigenvalue weighted by Crippen LogP contribution is 2.42. The number of rotatable bonds is 4. The van der Waals surface area contributed by atoms with E-state index in [1.54, 1.807) is 4.90 Å². The van der Waals surface area contributed by atoms with Gasteiger partial charge in [0.25, 0.3) is 0 Å². The number of nitrogens with one attached hydrogen (secondary N) is 1. The van der Waals surface area contributed by atoms with Gasteiger partial charge in [0.05, 0.1) is 6.54 Å². The van der Waals surface area contributed by atoms with Gasteiger partial charge in [-0.1, -0.05) is 20.3 Å². The molecule has 0 amide bonds. The second kappa shape index (κ2) is 5.24. The molecular weight excluding hydrogens is 253 g/mol. The minimum atomic E-state index is -4.09. The van der Waals surface area contributed by atoms with Crippen LogP contribution in [0.25, 0.3) is 0 Å². The highest BCUT2D eigenvalue weighted by molar-refractivity contribution is 5.01. The topological polar surface area (TPSA) is 15.3 Å². The molecule has 2 rings (SSSR count). The molecule has 2 aliphatic rings. The Kier molecular flexibility index (Phi) is 4.17. The number of halogens is 3. The number of hydrogen-bond acceptors (Lipinski definition) is 2. The van der Waals surface area contributed by atoms with Gasteiger partial charge in [-0.2, -0.15) is 13.2 Å². The molecule has 2 unspecified atom stereocenters. The molecule has 0 aromatic rings. The van der Waals surface area contributed by atoms with Gasteiger partial charge in [0.1, 0.15) is 0 Å². The predicted octanol–water partition coefficient (Wildman–Crippen LogP) is 3.18. The van der Waals surface area contributed by atoms with E-state index in [4.69, 9.17) is 0 Å². The first-order chi connectivity index (χ1) is 8.74. The molecule has 2 aliphatic carbocycles. The highest BCUT2D eigenvalue weighted by Gasteiger charge is 2.47. The van der Waals surface area contributed by atoms with E-state index in [1.807, 2.05) is 7.05 Å². The largest absolute Gasteiger partial charge is 0.401 e. The van der Waals surface area contributed by atoms with Gasteiger partial charge >= 0.3 is 6.18 Å². The van der Waals surface area contributed by atoms with Gasteiger partial charge in [-0.3, -0.25) is 4.90 Å². The van der Waals surface area contributed by atoms with Crippen molar-refractivity contribution in [2.45, 2.75) is 70.3 Å². The summed E-state index contributed by atoms with van der Waals surface area (Å²) in [5.41, 5.74) is 0.0659. The highest BCUT2D eigenvalue weighted by atomic mass is 19.4. The van der Waals surface area contributed by atoms with Gasteiger partial charge in [-0.25, -0.2) is 0 Å². The molecule has 0 heterocycles. The van der Waals surface area contributed by atoms with E-state index in [0.717, 1.165) is 32.1 Å². The summed E-state index contributed by atoms with van der Waals surface area (Å²) >= 11 is 0. The Morgan fingerprint density at radius 2 is 1.84 bits per heavy atom. The Balaban J connectivity index is 2.15. The second-order valence-corrected chi connectivity index (χ2v) is 6.73. The summed E-state index contributed by atoms with van der Waals surface area (Å²) in [6.45, 7) is 3.58. The zero-order valence-corrected chi connectivity index (χ0v) is 12.1. The average molecular weight is 278 g/mol. The van der Waals surface area contributed by atoms with E-state index in [2.05, 4.69) is 19.2 Å². The average Bonchev–Trinajstić information content (AvgIpc) is 3.06. The number of likely N-dealkylation sites (N-methyl/N-ethyl adjacent to an activating group) is 1. The maximum absolute atomic E-state index is 12.8. The fourth-order valence-electron chi connectivity index (χ4n) is 3.68. The van der Waals surface area contributed by atoms with Crippen LogP contribution in [0.5, 0.6) is 0 Å². The van der Waals surface area contributed by atoms with Crippen LogP contribution in [0, 0.1) is 5.41 Å². The van der Waals surface area contributed by atoms with Crippen molar-refractivity contribution in [1.82, 2.24) is 10.2 Å². The van der Waals surface area contributed by atoms with Crippen LogP contribution in [-0.2, 0) is 0 Å². The van der Waals surface area contributed by atoms with Gasteiger partial charge in [-0.05, 0) is 38.1 Å². The van der Waals surface area contributed by atoms with Gasteiger partial charge in [0.2, 0.25) is 0 Å². The third-order valence-corrected chi connectivity index (χ3v) is 4.66. The second-order valence-electron chi connectivity index (χ2n) is 6.73. The Labute approximate surface area is 113 Å². The molecule has 0 spiro atoms. The zero-order valence-electron chi connectivity index (χ0n) is 12.1. The molecule has 0 aliphatic heterocycles. The Bertz CT molecular complexity index is 310. The zero-order chi connectivity index (χ0) is 14.3. The van der Waals surface area contributed by atoms with Crippen LogP contribution in [0.3, 0.4) is 0 Å². The molecule has 2 fully saturated rings. The van der Waals surface area contributed by atoms with Crippen LogP contribution < -0.4 is 5.32 Å². The van der Waals surface area contributed by atoms with Crippen LogP contribution >= 0.6 is 0 Å². The quantitative estimate of drug-likeness (QED) is 0.849. The molecule has 0 aromatic carbocycles. The molecule has 2 nitrogen and oxygen atoms in total. The molecular formula is C14H25F3N2. The van der Waals surface area contributed by atoms with Crippen LogP contribution in [0.4, 0.5) is 13.2 Å². The van der Waals surface area contributed by atoms with E-state index in [-0.39, 0.29) is 23.5 Å². The Hall–Kier alpha value is -0.290. The van der Waals surface area contributed by atoms with Crippen LogP contribution in [0.2, 0.25) is 0 Å². The number of hydrogen-bond donors (Lipinski definition) is 1. The predicted molar refractivity (Wildman–Crippen MR) is 70.1 cm³/mol. The first kappa shape index (κ1) is 15.1. The summed E-state index contributed by atoms with van der Waals surface area (Å²) < 4.78 is 38.4. The van der Waals surface area contributed by atoms with Crippen molar-refractivity contribution in [3.05, 3.63) is 0 Å². The number of nitrogens with zero attached hydrogens (tertiary/aromatic N) is 1. The first-order valence-electron chi connectivity index (χ1n) is 7.24. The third kappa shape index (κ3) is 3.63. The maximum Gasteiger partial charge on any atom is 0.401 e. The first-order valence-corrected chi connectivity index (χ1v) is 7.24. The van der Waals surface area contributed by atoms with E-state index < -0.39 is 12.7 Å². The Morgan fingerprint density at radius 1 is 1.21 bits per heavy atom. The van der Waals surface area contributed by atoms with Crippen molar-refractivity contribution in [3.8, 4) is 0 Å². The smallest absolute Gasteiger partial charge is 0.315 e. The maximum atomic E-state index is 12.8. The van der Waals surface area contributed by atoms with Crippen molar-refractivity contribution in [3.63, 3.8) is 0 Å². The SMILES string of the molecule is CNC1C(N(CC(F)(F)F)C2CC2)CCCC1(C)C. The van der Waals surface area contributed by atoms with E-state index in [0.29, 0.717) is 0 Å². The number of alkyl halides is 3. The van der Waals surface area contributed by atoms with Crippen LogP contribution in [0.1, 0.15) is 46.0 Å². The molecule has 1 N–H and O–H groups in total. The van der Waals surface area contributed by atoms with Crippen molar-refractivity contribution in [2.75, 3.05) is 13.6 Å². The fourth-order valence-corrected chi connectivity index (χ4v) is 3.68. The molecule has 5 heteroatoms.